The van der Waals surface area contributed by atoms with Gasteiger partial charge in [0.1, 0.15) is 5.00 Å². The van der Waals surface area contributed by atoms with Gasteiger partial charge >= 0.3 is 0 Å². The van der Waals surface area contributed by atoms with Crippen molar-refractivity contribution in [3.63, 3.8) is 0 Å². The Morgan fingerprint density at radius 2 is 1.24 bits per heavy atom. The summed E-state index contributed by atoms with van der Waals surface area (Å²) in [7, 11) is 0. The lowest BCUT2D eigenvalue weighted by Crippen LogP contribution is -2.06. The van der Waals surface area contributed by atoms with Gasteiger partial charge in [-0.05, 0) is 27.2 Å². The number of azo groups is 1. The Morgan fingerprint density at radius 3 is 1.67 bits per heavy atom. The lowest BCUT2D eigenvalue weighted by atomic mass is 10.0. The average molecular weight is 317 g/mol. The minimum absolute atomic E-state index is 0.307. The van der Waals surface area contributed by atoms with E-state index in [0.29, 0.717) is 6.04 Å². The van der Waals surface area contributed by atoms with Crippen LogP contribution in [0, 0.1) is 0 Å². The molecule has 1 atom stereocenters. The molecule has 0 saturated heterocycles. The number of halogens is 1. The summed E-state index contributed by atoms with van der Waals surface area (Å²) < 4.78 is 0. The second kappa shape index (κ2) is 13.5. The maximum Gasteiger partial charge on any atom is 0.149 e. The number of rotatable bonds is 14. The van der Waals surface area contributed by atoms with Crippen LogP contribution < -0.4 is 0 Å². The van der Waals surface area contributed by atoms with Crippen LogP contribution in [-0.2, 0) is 0 Å². The van der Waals surface area contributed by atoms with Crippen molar-refractivity contribution < 1.29 is 0 Å². The third-order valence-corrected chi connectivity index (χ3v) is 3.79. The Hall–Kier alpha value is -0.110. The molecule has 0 aliphatic rings. The number of hydrogen-bond acceptors (Lipinski definition) is 2. The first kappa shape index (κ1) is 20.9. The topological polar surface area (TPSA) is 24.7 Å². The zero-order valence-electron chi connectivity index (χ0n) is 14.8. The molecule has 1 unspecified atom stereocenters. The van der Waals surface area contributed by atoms with E-state index in [4.69, 9.17) is 11.6 Å². The molecule has 0 aliphatic carbocycles. The molecule has 0 spiro atoms. The van der Waals surface area contributed by atoms with Gasteiger partial charge in [0, 0.05) is 0 Å². The third-order valence-electron chi connectivity index (χ3n) is 3.72. The molecule has 0 bridgehead atoms. The smallest absolute Gasteiger partial charge is 0.149 e. The Morgan fingerprint density at radius 1 is 0.810 bits per heavy atom. The minimum Gasteiger partial charge on any atom is -0.189 e. The molecule has 3 heteroatoms. The SMILES string of the molecule is CCCCCCCCCCCCCC(C)N=NC(C)(C)Cl. The molecule has 0 radical (unpaired) electrons. The summed E-state index contributed by atoms with van der Waals surface area (Å²) >= 11 is 5.99. The van der Waals surface area contributed by atoms with Crippen LogP contribution in [0.4, 0.5) is 0 Å². The Balaban J connectivity index is 3.27. The highest BCUT2D eigenvalue weighted by atomic mass is 35.5. The van der Waals surface area contributed by atoms with E-state index in [1.807, 2.05) is 13.8 Å². The monoisotopic (exact) mass is 316 g/mol. The lowest BCUT2D eigenvalue weighted by molar-refractivity contribution is 0.516. The summed E-state index contributed by atoms with van der Waals surface area (Å²) in [5.41, 5.74) is 0. The molecule has 0 saturated carbocycles. The molecule has 0 aromatic carbocycles. The summed E-state index contributed by atoms with van der Waals surface area (Å²) in [5.74, 6) is 0. The van der Waals surface area contributed by atoms with Gasteiger partial charge in [-0.1, -0.05) is 89.2 Å². The number of unbranched alkanes of at least 4 members (excludes halogenated alkanes) is 10. The van der Waals surface area contributed by atoms with Crippen LogP contribution in [0.15, 0.2) is 10.2 Å². The molecule has 21 heavy (non-hydrogen) atoms. The van der Waals surface area contributed by atoms with Crippen LogP contribution in [0.5, 0.6) is 0 Å². The first-order valence-corrected chi connectivity index (χ1v) is 9.44. The van der Waals surface area contributed by atoms with Gasteiger partial charge in [-0.3, -0.25) is 0 Å². The zero-order chi connectivity index (χ0) is 16.0. The second-order valence-corrected chi connectivity index (χ2v) is 7.72. The predicted octanol–water partition coefficient (Wildman–Crippen LogP) is 7.50. The van der Waals surface area contributed by atoms with E-state index >= 15 is 0 Å². The van der Waals surface area contributed by atoms with Gasteiger partial charge < -0.3 is 0 Å². The van der Waals surface area contributed by atoms with Gasteiger partial charge in [0.25, 0.3) is 0 Å². The van der Waals surface area contributed by atoms with Crippen LogP contribution >= 0.6 is 11.6 Å². The first-order chi connectivity index (χ1) is 9.95. The summed E-state index contributed by atoms with van der Waals surface area (Å²) in [5, 5.41) is 8.39. The highest BCUT2D eigenvalue weighted by Crippen LogP contribution is 2.17. The summed E-state index contributed by atoms with van der Waals surface area (Å²) in [6.45, 7) is 8.14. The summed E-state index contributed by atoms with van der Waals surface area (Å²) in [4.78, 5) is -0.550. The first-order valence-electron chi connectivity index (χ1n) is 9.06. The van der Waals surface area contributed by atoms with E-state index in [1.165, 1.54) is 70.6 Å². The van der Waals surface area contributed by atoms with Crippen LogP contribution in [0.1, 0.15) is 105 Å². The molecule has 0 rings (SSSR count). The second-order valence-electron chi connectivity index (χ2n) is 6.80. The average Bonchev–Trinajstić information content (AvgIpc) is 2.42. The van der Waals surface area contributed by atoms with Crippen molar-refractivity contribution in [3.8, 4) is 0 Å². The lowest BCUT2D eigenvalue weighted by Gasteiger charge is -2.10. The molecule has 0 aromatic heterocycles. The van der Waals surface area contributed by atoms with Crippen molar-refractivity contribution in [1.29, 1.82) is 0 Å². The molecular formula is C18H37ClN2. The van der Waals surface area contributed by atoms with Gasteiger partial charge in [0.2, 0.25) is 0 Å². The van der Waals surface area contributed by atoms with Crippen LogP contribution in [0.2, 0.25) is 0 Å². The number of nitrogens with zero attached hydrogens (tertiary/aromatic N) is 2. The Bertz CT molecular complexity index is 246. The van der Waals surface area contributed by atoms with Gasteiger partial charge in [-0.15, -0.1) is 0 Å². The molecular weight excluding hydrogens is 280 g/mol. The molecule has 0 N–H and O–H groups in total. The highest BCUT2D eigenvalue weighted by Gasteiger charge is 2.10. The van der Waals surface area contributed by atoms with E-state index in [0.717, 1.165) is 6.42 Å². The fourth-order valence-corrected chi connectivity index (χ4v) is 2.44. The van der Waals surface area contributed by atoms with Crippen LogP contribution in [0.3, 0.4) is 0 Å². The predicted molar refractivity (Wildman–Crippen MR) is 95.3 cm³/mol. The largest absolute Gasteiger partial charge is 0.189 e. The molecule has 126 valence electrons. The molecule has 0 aliphatic heterocycles. The van der Waals surface area contributed by atoms with Crippen molar-refractivity contribution >= 4 is 11.6 Å². The molecule has 0 heterocycles. The normalized spacial score (nSPS) is 14.0. The highest BCUT2D eigenvalue weighted by molar-refractivity contribution is 6.23. The fourth-order valence-electron chi connectivity index (χ4n) is 2.40. The number of hydrogen-bond donors (Lipinski definition) is 0. The third kappa shape index (κ3) is 17.8. The van der Waals surface area contributed by atoms with Crippen molar-refractivity contribution in [2.24, 2.45) is 10.2 Å². The minimum atomic E-state index is -0.550. The van der Waals surface area contributed by atoms with Gasteiger partial charge in [-0.2, -0.15) is 10.2 Å². The van der Waals surface area contributed by atoms with Gasteiger partial charge in [0.15, 0.2) is 0 Å². The van der Waals surface area contributed by atoms with Gasteiger partial charge in [0.05, 0.1) is 6.04 Å². The summed E-state index contributed by atoms with van der Waals surface area (Å²) in [6.07, 6.45) is 16.4. The maximum absolute atomic E-state index is 5.99. The van der Waals surface area contributed by atoms with E-state index in [-0.39, 0.29) is 0 Å². The molecule has 2 nitrogen and oxygen atoms in total. The molecule has 0 fully saturated rings. The van der Waals surface area contributed by atoms with E-state index in [9.17, 15) is 0 Å². The fraction of sp³-hybridized carbons (Fsp3) is 1.00. The van der Waals surface area contributed by atoms with Crippen molar-refractivity contribution in [2.75, 3.05) is 0 Å². The van der Waals surface area contributed by atoms with Crippen molar-refractivity contribution in [1.82, 2.24) is 0 Å². The van der Waals surface area contributed by atoms with E-state index < -0.39 is 5.00 Å². The number of alkyl halides is 1. The van der Waals surface area contributed by atoms with Crippen molar-refractivity contribution in [3.05, 3.63) is 0 Å². The van der Waals surface area contributed by atoms with E-state index in [2.05, 4.69) is 24.1 Å². The van der Waals surface area contributed by atoms with E-state index in [1.54, 1.807) is 0 Å². The molecule has 0 amide bonds. The van der Waals surface area contributed by atoms with Crippen molar-refractivity contribution in [2.45, 2.75) is 116 Å². The quantitative estimate of drug-likeness (QED) is 0.137. The van der Waals surface area contributed by atoms with Crippen LogP contribution in [-0.4, -0.2) is 11.0 Å². The standard InChI is InChI=1S/C18H37ClN2/c1-5-6-7-8-9-10-11-12-13-14-15-16-17(2)20-21-18(3,4)19/h17H,5-16H2,1-4H3. The zero-order valence-corrected chi connectivity index (χ0v) is 15.6. The van der Waals surface area contributed by atoms with Gasteiger partial charge in [-0.25, -0.2) is 0 Å². The summed E-state index contributed by atoms with van der Waals surface area (Å²) in [6, 6.07) is 0.307. The van der Waals surface area contributed by atoms with Crippen LogP contribution in [0.25, 0.3) is 0 Å². The Labute approximate surface area is 138 Å². The maximum atomic E-state index is 5.99. The molecule has 0 aromatic rings. The Kier molecular flexibility index (Phi) is 13.5.